The average Bonchev–Trinajstić information content (AvgIpc) is 2.52. The van der Waals surface area contributed by atoms with Gasteiger partial charge in [0.1, 0.15) is 5.75 Å². The number of rotatable bonds is 5. The van der Waals surface area contributed by atoms with Gasteiger partial charge in [-0.15, -0.1) is 0 Å². The molecule has 0 aliphatic heterocycles. The van der Waals surface area contributed by atoms with Gasteiger partial charge in [0.25, 0.3) is 10.0 Å². The summed E-state index contributed by atoms with van der Waals surface area (Å²) in [5.41, 5.74) is 3.93. The van der Waals surface area contributed by atoms with Gasteiger partial charge in [-0.3, -0.25) is 4.72 Å². The lowest BCUT2D eigenvalue weighted by Gasteiger charge is -2.18. The Morgan fingerprint density at radius 3 is 2.33 bits per heavy atom. The molecule has 0 spiro atoms. The first-order valence-electron chi connectivity index (χ1n) is 7.59. The molecule has 0 atom stereocenters. The number of nitrogens with one attached hydrogen (secondary N) is 1. The summed E-state index contributed by atoms with van der Waals surface area (Å²) in [5.74, 6) is 0.662. The lowest BCUT2D eigenvalue weighted by Crippen LogP contribution is -2.17. The fourth-order valence-corrected chi connectivity index (χ4v) is 4.43. The standard InChI is InChI=1S/C18H23NO4S/c1-11-6-7-16(15(8-11)10-20)19-24(21,22)18-12(2)9-17(23-5)13(3)14(18)4/h6-9,19-20H,10H2,1-5H3. The fraction of sp³-hybridized carbons (Fsp3) is 0.333. The first-order valence-corrected chi connectivity index (χ1v) is 9.07. The van der Waals surface area contributed by atoms with Crippen molar-refractivity contribution in [2.24, 2.45) is 0 Å². The van der Waals surface area contributed by atoms with Crippen LogP contribution in [0.4, 0.5) is 5.69 Å². The summed E-state index contributed by atoms with van der Waals surface area (Å²) in [6, 6.07) is 6.95. The van der Waals surface area contributed by atoms with Gasteiger partial charge in [0.05, 0.1) is 24.3 Å². The molecule has 6 heteroatoms. The molecule has 0 amide bonds. The predicted octanol–water partition coefficient (Wildman–Crippen LogP) is 3.22. The number of hydrogen-bond acceptors (Lipinski definition) is 4. The summed E-state index contributed by atoms with van der Waals surface area (Å²) >= 11 is 0. The van der Waals surface area contributed by atoms with Crippen LogP contribution in [0.5, 0.6) is 5.75 Å². The van der Waals surface area contributed by atoms with Crippen molar-refractivity contribution in [2.75, 3.05) is 11.8 Å². The summed E-state index contributed by atoms with van der Waals surface area (Å²) in [5, 5.41) is 9.48. The zero-order valence-electron chi connectivity index (χ0n) is 14.6. The molecule has 0 saturated heterocycles. The minimum atomic E-state index is -3.78. The molecule has 0 aliphatic carbocycles. The van der Waals surface area contributed by atoms with E-state index in [1.54, 1.807) is 45.2 Å². The van der Waals surface area contributed by atoms with Gasteiger partial charge >= 0.3 is 0 Å². The van der Waals surface area contributed by atoms with Gasteiger partial charge in [-0.1, -0.05) is 17.7 Å². The molecule has 0 aromatic heterocycles. The smallest absolute Gasteiger partial charge is 0.262 e. The number of benzene rings is 2. The van der Waals surface area contributed by atoms with Crippen molar-refractivity contribution in [3.05, 3.63) is 52.1 Å². The highest BCUT2D eigenvalue weighted by Crippen LogP contribution is 2.32. The number of aryl methyl sites for hydroxylation is 2. The van der Waals surface area contributed by atoms with E-state index in [1.165, 1.54) is 0 Å². The Kier molecular flexibility index (Phi) is 5.20. The Balaban J connectivity index is 2.55. The van der Waals surface area contributed by atoms with Gasteiger partial charge in [-0.05, 0) is 56.5 Å². The summed E-state index contributed by atoms with van der Waals surface area (Å²) in [6.07, 6.45) is 0. The number of ether oxygens (including phenoxy) is 1. The number of hydrogen-bond donors (Lipinski definition) is 2. The number of sulfonamides is 1. The van der Waals surface area contributed by atoms with E-state index >= 15 is 0 Å². The van der Waals surface area contributed by atoms with Gasteiger partial charge in [0.2, 0.25) is 0 Å². The van der Waals surface area contributed by atoms with Crippen LogP contribution < -0.4 is 9.46 Å². The van der Waals surface area contributed by atoms with Crippen molar-refractivity contribution < 1.29 is 18.3 Å². The van der Waals surface area contributed by atoms with E-state index in [-0.39, 0.29) is 11.5 Å². The number of aliphatic hydroxyl groups is 1. The summed E-state index contributed by atoms with van der Waals surface area (Å²) in [7, 11) is -2.22. The van der Waals surface area contributed by atoms with Crippen molar-refractivity contribution in [1.29, 1.82) is 0 Å². The lowest BCUT2D eigenvalue weighted by atomic mass is 10.1. The molecule has 5 nitrogen and oxygen atoms in total. The zero-order chi connectivity index (χ0) is 18.1. The monoisotopic (exact) mass is 349 g/mol. The highest BCUT2D eigenvalue weighted by Gasteiger charge is 2.23. The van der Waals surface area contributed by atoms with Gasteiger partial charge in [0, 0.05) is 5.56 Å². The molecule has 2 aromatic rings. The Morgan fingerprint density at radius 2 is 1.75 bits per heavy atom. The van der Waals surface area contributed by atoms with Crippen LogP contribution in [0.2, 0.25) is 0 Å². The van der Waals surface area contributed by atoms with Crippen LogP contribution in [-0.2, 0) is 16.6 Å². The molecule has 2 N–H and O–H groups in total. The summed E-state index contributed by atoms with van der Waals surface area (Å²) < 4.78 is 33.7. The molecule has 0 saturated carbocycles. The van der Waals surface area contributed by atoms with E-state index in [2.05, 4.69) is 4.72 Å². The second kappa shape index (κ2) is 6.83. The van der Waals surface area contributed by atoms with Crippen molar-refractivity contribution in [1.82, 2.24) is 0 Å². The molecule has 0 radical (unpaired) electrons. The molecule has 2 aromatic carbocycles. The third kappa shape index (κ3) is 3.39. The van der Waals surface area contributed by atoms with Crippen LogP contribution in [0, 0.1) is 27.7 Å². The van der Waals surface area contributed by atoms with Gasteiger partial charge < -0.3 is 9.84 Å². The maximum atomic E-state index is 12.9. The van der Waals surface area contributed by atoms with Gasteiger partial charge in [-0.25, -0.2) is 8.42 Å². The molecular weight excluding hydrogens is 326 g/mol. The molecule has 0 fully saturated rings. The molecule has 2 rings (SSSR count). The second-order valence-electron chi connectivity index (χ2n) is 5.90. The Morgan fingerprint density at radius 1 is 1.08 bits per heavy atom. The predicted molar refractivity (Wildman–Crippen MR) is 95.1 cm³/mol. The summed E-state index contributed by atoms with van der Waals surface area (Å²) in [4.78, 5) is 0.241. The van der Waals surface area contributed by atoms with Crippen LogP contribution in [0.1, 0.15) is 27.8 Å². The highest BCUT2D eigenvalue weighted by atomic mass is 32.2. The van der Waals surface area contributed by atoms with Crippen LogP contribution in [0.15, 0.2) is 29.2 Å². The van der Waals surface area contributed by atoms with Crippen LogP contribution >= 0.6 is 0 Å². The van der Waals surface area contributed by atoms with Gasteiger partial charge in [0.15, 0.2) is 0 Å². The van der Waals surface area contributed by atoms with Crippen molar-refractivity contribution in [3.8, 4) is 5.75 Å². The van der Waals surface area contributed by atoms with E-state index in [9.17, 15) is 13.5 Å². The average molecular weight is 349 g/mol. The topological polar surface area (TPSA) is 75.6 Å². The maximum Gasteiger partial charge on any atom is 0.262 e. The molecule has 0 bridgehead atoms. The SMILES string of the molecule is COc1cc(C)c(S(=O)(=O)Nc2ccc(C)cc2CO)c(C)c1C. The number of aliphatic hydroxyl groups excluding tert-OH is 1. The van der Waals surface area contributed by atoms with E-state index < -0.39 is 10.0 Å². The highest BCUT2D eigenvalue weighted by molar-refractivity contribution is 7.92. The Bertz CT molecular complexity index is 873. The molecule has 0 heterocycles. The Hall–Kier alpha value is -2.05. The molecule has 130 valence electrons. The van der Waals surface area contributed by atoms with Crippen molar-refractivity contribution in [3.63, 3.8) is 0 Å². The number of anilines is 1. The normalized spacial score (nSPS) is 11.4. The van der Waals surface area contributed by atoms with Crippen LogP contribution in [-0.4, -0.2) is 20.6 Å². The maximum absolute atomic E-state index is 12.9. The van der Waals surface area contributed by atoms with Crippen molar-refractivity contribution >= 4 is 15.7 Å². The molecule has 0 unspecified atom stereocenters. The minimum Gasteiger partial charge on any atom is -0.496 e. The zero-order valence-corrected chi connectivity index (χ0v) is 15.4. The van der Waals surface area contributed by atoms with Crippen molar-refractivity contribution in [2.45, 2.75) is 39.2 Å². The van der Waals surface area contributed by atoms with Crippen LogP contribution in [0.25, 0.3) is 0 Å². The number of methoxy groups -OCH3 is 1. The molecular formula is C18H23NO4S. The fourth-order valence-electron chi connectivity index (χ4n) is 2.80. The summed E-state index contributed by atoms with van der Waals surface area (Å²) in [6.45, 7) is 6.99. The van der Waals surface area contributed by atoms with E-state index in [4.69, 9.17) is 4.74 Å². The largest absolute Gasteiger partial charge is 0.496 e. The third-order valence-electron chi connectivity index (χ3n) is 4.14. The first kappa shape index (κ1) is 18.3. The van der Waals surface area contributed by atoms with E-state index in [1.807, 2.05) is 13.8 Å². The third-order valence-corrected chi connectivity index (χ3v) is 5.80. The van der Waals surface area contributed by atoms with E-state index in [0.717, 1.165) is 11.1 Å². The Labute approximate surface area is 143 Å². The molecule has 24 heavy (non-hydrogen) atoms. The minimum absolute atomic E-state index is 0.237. The van der Waals surface area contributed by atoms with Gasteiger partial charge in [-0.2, -0.15) is 0 Å². The van der Waals surface area contributed by atoms with Crippen LogP contribution in [0.3, 0.4) is 0 Å². The lowest BCUT2D eigenvalue weighted by molar-refractivity contribution is 0.282. The first-order chi connectivity index (χ1) is 11.2. The second-order valence-corrected chi connectivity index (χ2v) is 7.52. The van der Waals surface area contributed by atoms with E-state index in [0.29, 0.717) is 28.1 Å². The molecule has 0 aliphatic rings. The quantitative estimate of drug-likeness (QED) is 0.869.